The summed E-state index contributed by atoms with van der Waals surface area (Å²) in [5.74, 6) is 0. The summed E-state index contributed by atoms with van der Waals surface area (Å²) in [7, 11) is 2.12. The number of likely N-dealkylation sites (N-methyl/N-ethyl adjacent to an activating group) is 1. The molecule has 1 aromatic rings. The molecule has 2 aliphatic rings. The van der Waals surface area contributed by atoms with E-state index in [2.05, 4.69) is 41.2 Å². The van der Waals surface area contributed by atoms with Crippen LogP contribution in [0.1, 0.15) is 25.3 Å². The molecular formula is C20H32N4O2. The average molecular weight is 361 g/mol. The van der Waals surface area contributed by atoms with Gasteiger partial charge in [-0.1, -0.05) is 25.5 Å². The van der Waals surface area contributed by atoms with E-state index in [-0.39, 0.29) is 12.1 Å². The highest BCUT2D eigenvalue weighted by atomic mass is 16.3. The van der Waals surface area contributed by atoms with Crippen molar-refractivity contribution in [2.24, 2.45) is 0 Å². The molecule has 0 bridgehead atoms. The molecule has 2 saturated heterocycles. The van der Waals surface area contributed by atoms with Crippen molar-refractivity contribution in [1.82, 2.24) is 14.7 Å². The maximum Gasteiger partial charge on any atom is 0.321 e. The largest absolute Gasteiger partial charge is 0.390 e. The van der Waals surface area contributed by atoms with Crippen molar-refractivity contribution in [2.45, 2.75) is 38.3 Å². The molecule has 0 spiro atoms. The Bertz CT molecular complexity index is 584. The zero-order valence-electron chi connectivity index (χ0n) is 16.0. The summed E-state index contributed by atoms with van der Waals surface area (Å²) in [6, 6.07) is 8.02. The van der Waals surface area contributed by atoms with Crippen molar-refractivity contribution in [3.63, 3.8) is 0 Å². The SMILES string of the molecule is CCCCc1ccc(NC(=O)N2C[C@@H](O)[C@H](N3CCN(C)CC3)C2)cc1. The second-order valence-electron chi connectivity index (χ2n) is 7.61. The van der Waals surface area contributed by atoms with Gasteiger partial charge in [-0.3, -0.25) is 4.90 Å². The van der Waals surface area contributed by atoms with E-state index in [4.69, 9.17) is 0 Å². The van der Waals surface area contributed by atoms with Crippen LogP contribution in [-0.2, 0) is 6.42 Å². The van der Waals surface area contributed by atoms with Crippen molar-refractivity contribution >= 4 is 11.7 Å². The Balaban J connectivity index is 1.52. The topological polar surface area (TPSA) is 59.1 Å². The molecule has 0 saturated carbocycles. The Kier molecular flexibility index (Phi) is 6.51. The van der Waals surface area contributed by atoms with Crippen LogP contribution in [0.3, 0.4) is 0 Å². The maximum atomic E-state index is 12.6. The number of amides is 2. The van der Waals surface area contributed by atoms with Gasteiger partial charge in [0.1, 0.15) is 0 Å². The van der Waals surface area contributed by atoms with Gasteiger partial charge < -0.3 is 20.2 Å². The number of carbonyl (C=O) groups excluding carboxylic acids is 1. The summed E-state index contributed by atoms with van der Waals surface area (Å²) in [6.07, 6.45) is 2.98. The first kappa shape index (κ1) is 19.1. The predicted molar refractivity (Wildman–Crippen MR) is 105 cm³/mol. The van der Waals surface area contributed by atoms with E-state index in [9.17, 15) is 9.90 Å². The molecule has 6 nitrogen and oxygen atoms in total. The molecule has 2 fully saturated rings. The minimum absolute atomic E-state index is 0.0471. The monoisotopic (exact) mass is 360 g/mol. The number of aryl methyl sites for hydroxylation is 1. The quantitative estimate of drug-likeness (QED) is 0.841. The van der Waals surface area contributed by atoms with Gasteiger partial charge in [0.05, 0.1) is 18.7 Å². The van der Waals surface area contributed by atoms with Crippen LogP contribution in [0, 0.1) is 0 Å². The molecule has 2 atom stereocenters. The summed E-state index contributed by atoms with van der Waals surface area (Å²) in [4.78, 5) is 18.9. The van der Waals surface area contributed by atoms with Gasteiger partial charge in [-0.2, -0.15) is 0 Å². The molecule has 0 aliphatic carbocycles. The highest BCUT2D eigenvalue weighted by Gasteiger charge is 2.38. The van der Waals surface area contributed by atoms with E-state index in [1.54, 1.807) is 4.90 Å². The van der Waals surface area contributed by atoms with Crippen LogP contribution in [0.15, 0.2) is 24.3 Å². The van der Waals surface area contributed by atoms with Crippen LogP contribution >= 0.6 is 0 Å². The number of nitrogens with zero attached hydrogens (tertiary/aromatic N) is 3. The normalized spacial score (nSPS) is 24.8. The fraction of sp³-hybridized carbons (Fsp3) is 0.650. The molecular weight excluding hydrogens is 328 g/mol. The van der Waals surface area contributed by atoms with E-state index in [0.717, 1.165) is 38.3 Å². The van der Waals surface area contributed by atoms with Gasteiger partial charge in [-0.05, 0) is 37.6 Å². The highest BCUT2D eigenvalue weighted by Crippen LogP contribution is 2.20. The standard InChI is InChI=1S/C20H32N4O2/c1-3-4-5-16-6-8-17(9-7-16)21-20(26)24-14-18(19(25)15-24)23-12-10-22(2)11-13-23/h6-9,18-19,25H,3-5,10-15H2,1-2H3,(H,21,26)/t18-,19-/m1/s1. The van der Waals surface area contributed by atoms with E-state index in [1.165, 1.54) is 18.4 Å². The van der Waals surface area contributed by atoms with Gasteiger partial charge in [-0.15, -0.1) is 0 Å². The molecule has 2 heterocycles. The molecule has 2 N–H and O–H groups in total. The third-order valence-corrected chi connectivity index (χ3v) is 5.58. The third kappa shape index (κ3) is 4.75. The fourth-order valence-electron chi connectivity index (χ4n) is 3.79. The van der Waals surface area contributed by atoms with Crippen LogP contribution in [0.2, 0.25) is 0 Å². The van der Waals surface area contributed by atoms with Crippen LogP contribution in [0.5, 0.6) is 0 Å². The first-order chi connectivity index (χ1) is 12.6. The minimum Gasteiger partial charge on any atom is -0.390 e. The number of benzene rings is 1. The van der Waals surface area contributed by atoms with E-state index in [0.29, 0.717) is 13.1 Å². The summed E-state index contributed by atoms with van der Waals surface area (Å²) >= 11 is 0. The molecule has 2 amide bonds. The number of aliphatic hydroxyl groups is 1. The Hall–Kier alpha value is -1.63. The number of carbonyl (C=O) groups is 1. The third-order valence-electron chi connectivity index (χ3n) is 5.58. The van der Waals surface area contributed by atoms with Gasteiger partial charge in [0, 0.05) is 38.4 Å². The number of urea groups is 1. The lowest BCUT2D eigenvalue weighted by Gasteiger charge is -2.37. The lowest BCUT2D eigenvalue weighted by molar-refractivity contribution is 0.0512. The first-order valence-electron chi connectivity index (χ1n) is 9.82. The molecule has 6 heteroatoms. The van der Waals surface area contributed by atoms with Gasteiger partial charge in [0.25, 0.3) is 0 Å². The summed E-state index contributed by atoms with van der Waals surface area (Å²) in [6.45, 7) is 7.11. The number of likely N-dealkylation sites (tertiary alicyclic amines) is 1. The van der Waals surface area contributed by atoms with Gasteiger partial charge >= 0.3 is 6.03 Å². The highest BCUT2D eigenvalue weighted by molar-refractivity contribution is 5.89. The number of hydrogen-bond donors (Lipinski definition) is 2. The summed E-state index contributed by atoms with van der Waals surface area (Å²) in [5.41, 5.74) is 2.12. The Morgan fingerprint density at radius 2 is 1.85 bits per heavy atom. The molecule has 3 rings (SSSR count). The number of unbranched alkanes of at least 4 members (excludes halogenated alkanes) is 1. The Morgan fingerprint density at radius 1 is 1.15 bits per heavy atom. The zero-order valence-corrected chi connectivity index (χ0v) is 16.0. The fourth-order valence-corrected chi connectivity index (χ4v) is 3.79. The first-order valence-corrected chi connectivity index (χ1v) is 9.82. The maximum absolute atomic E-state index is 12.6. The Morgan fingerprint density at radius 3 is 2.50 bits per heavy atom. The number of hydrogen-bond acceptors (Lipinski definition) is 4. The van der Waals surface area contributed by atoms with E-state index >= 15 is 0 Å². The van der Waals surface area contributed by atoms with Crippen molar-refractivity contribution in [1.29, 1.82) is 0 Å². The average Bonchev–Trinajstić information content (AvgIpc) is 3.04. The van der Waals surface area contributed by atoms with Crippen molar-refractivity contribution in [2.75, 3.05) is 51.6 Å². The molecule has 0 radical (unpaired) electrons. The molecule has 0 unspecified atom stereocenters. The van der Waals surface area contributed by atoms with Crippen molar-refractivity contribution in [3.05, 3.63) is 29.8 Å². The molecule has 144 valence electrons. The number of rotatable bonds is 5. The van der Waals surface area contributed by atoms with Crippen LogP contribution < -0.4 is 5.32 Å². The zero-order chi connectivity index (χ0) is 18.5. The molecule has 26 heavy (non-hydrogen) atoms. The lowest BCUT2D eigenvalue weighted by atomic mass is 10.1. The number of piperazine rings is 1. The molecule has 0 aromatic heterocycles. The second-order valence-corrected chi connectivity index (χ2v) is 7.61. The Labute approximate surface area is 156 Å². The van der Waals surface area contributed by atoms with Gasteiger partial charge in [0.15, 0.2) is 0 Å². The number of anilines is 1. The summed E-state index contributed by atoms with van der Waals surface area (Å²) in [5, 5.41) is 13.4. The molecule has 2 aliphatic heterocycles. The number of β-amino-alcohol motifs (C(OH)–C–C–N with tert-alkyl or cyclic N) is 1. The van der Waals surface area contributed by atoms with Crippen LogP contribution in [0.4, 0.5) is 10.5 Å². The minimum atomic E-state index is -0.472. The van der Waals surface area contributed by atoms with Crippen LogP contribution in [-0.4, -0.2) is 84.3 Å². The lowest BCUT2D eigenvalue weighted by Crippen LogP contribution is -2.52. The number of aliphatic hydroxyl groups excluding tert-OH is 1. The van der Waals surface area contributed by atoms with E-state index < -0.39 is 6.10 Å². The van der Waals surface area contributed by atoms with Crippen molar-refractivity contribution < 1.29 is 9.90 Å². The van der Waals surface area contributed by atoms with Crippen LogP contribution in [0.25, 0.3) is 0 Å². The smallest absolute Gasteiger partial charge is 0.321 e. The number of nitrogens with one attached hydrogen (secondary N) is 1. The second kappa shape index (κ2) is 8.84. The van der Waals surface area contributed by atoms with Crippen molar-refractivity contribution in [3.8, 4) is 0 Å². The van der Waals surface area contributed by atoms with Gasteiger partial charge in [0.2, 0.25) is 0 Å². The predicted octanol–water partition coefficient (Wildman–Crippen LogP) is 1.85. The molecule has 1 aromatic carbocycles. The summed E-state index contributed by atoms with van der Waals surface area (Å²) < 4.78 is 0. The van der Waals surface area contributed by atoms with Gasteiger partial charge in [-0.25, -0.2) is 4.79 Å². The van der Waals surface area contributed by atoms with E-state index in [1.807, 2.05) is 12.1 Å².